The molecule has 2 saturated carbocycles. The van der Waals surface area contributed by atoms with Crippen LogP contribution in [0.25, 0.3) is 0 Å². The van der Waals surface area contributed by atoms with Crippen LogP contribution in [0.5, 0.6) is 0 Å². The molecule has 1 nitrogen and oxygen atoms in total. The number of hydrogen-bond donors (Lipinski definition) is 1. The zero-order valence-electron chi connectivity index (χ0n) is 14.2. The Morgan fingerprint density at radius 2 is 1.45 bits per heavy atom. The average molecular weight is 280 g/mol. The van der Waals surface area contributed by atoms with Crippen molar-refractivity contribution in [3.63, 3.8) is 0 Å². The Bertz CT molecular complexity index is 244. The first-order valence-electron chi connectivity index (χ1n) is 9.44. The highest BCUT2D eigenvalue weighted by atomic mass is 14.9. The van der Waals surface area contributed by atoms with Gasteiger partial charge in [0.05, 0.1) is 0 Å². The summed E-state index contributed by atoms with van der Waals surface area (Å²) in [4.78, 5) is 0. The molecule has 118 valence electrons. The highest BCUT2D eigenvalue weighted by Crippen LogP contribution is 2.39. The summed E-state index contributed by atoms with van der Waals surface area (Å²) in [5.41, 5.74) is 0. The molecule has 2 aliphatic rings. The Kier molecular flexibility index (Phi) is 6.87. The van der Waals surface area contributed by atoms with Crippen molar-refractivity contribution in [2.75, 3.05) is 6.54 Å². The van der Waals surface area contributed by atoms with Crippen molar-refractivity contribution in [3.8, 4) is 0 Å². The van der Waals surface area contributed by atoms with Crippen LogP contribution in [-0.2, 0) is 0 Å². The van der Waals surface area contributed by atoms with Gasteiger partial charge in [-0.2, -0.15) is 0 Å². The van der Waals surface area contributed by atoms with Crippen LogP contribution in [0.4, 0.5) is 0 Å². The van der Waals surface area contributed by atoms with Crippen LogP contribution >= 0.6 is 0 Å². The lowest BCUT2D eigenvalue weighted by atomic mass is 9.70. The normalized spacial score (nSPS) is 34.6. The third-order valence-electron chi connectivity index (χ3n) is 5.76. The topological polar surface area (TPSA) is 12.0 Å². The van der Waals surface area contributed by atoms with Gasteiger partial charge in [-0.15, -0.1) is 0 Å². The van der Waals surface area contributed by atoms with E-state index in [1.165, 1.54) is 70.8 Å². The van der Waals surface area contributed by atoms with E-state index in [0.29, 0.717) is 0 Å². The van der Waals surface area contributed by atoms with E-state index in [2.05, 4.69) is 26.1 Å². The summed E-state index contributed by atoms with van der Waals surface area (Å²) in [5.74, 6) is 3.80. The third-order valence-corrected chi connectivity index (χ3v) is 5.76. The Hall–Kier alpha value is -0.0400. The number of rotatable bonds is 5. The molecule has 0 radical (unpaired) electrons. The first kappa shape index (κ1) is 16.3. The SMILES string of the molecule is CCCNC(C1CCCCCC1)C1CC(C)CC(C)C1. The summed E-state index contributed by atoms with van der Waals surface area (Å²) in [5, 5.41) is 3.98. The summed E-state index contributed by atoms with van der Waals surface area (Å²) in [6, 6.07) is 0.818. The lowest BCUT2D eigenvalue weighted by Crippen LogP contribution is -2.45. The smallest absolute Gasteiger partial charge is 0.0124 e. The Morgan fingerprint density at radius 1 is 0.850 bits per heavy atom. The monoisotopic (exact) mass is 279 g/mol. The maximum absolute atomic E-state index is 3.98. The van der Waals surface area contributed by atoms with Gasteiger partial charge >= 0.3 is 0 Å². The standard InChI is InChI=1S/C19H37N/c1-4-11-20-19(17-9-7-5-6-8-10-17)18-13-15(2)12-16(3)14-18/h15-20H,4-14H2,1-3H3. The molecule has 20 heavy (non-hydrogen) atoms. The van der Waals surface area contributed by atoms with Crippen molar-refractivity contribution >= 4 is 0 Å². The Balaban J connectivity index is 2.00. The van der Waals surface area contributed by atoms with E-state index in [1.54, 1.807) is 0 Å². The Morgan fingerprint density at radius 3 is 2.00 bits per heavy atom. The molecule has 0 saturated heterocycles. The first-order valence-corrected chi connectivity index (χ1v) is 9.44. The van der Waals surface area contributed by atoms with E-state index in [9.17, 15) is 0 Å². The quantitative estimate of drug-likeness (QED) is 0.665. The number of nitrogens with one attached hydrogen (secondary N) is 1. The molecule has 0 heterocycles. The minimum Gasteiger partial charge on any atom is -0.313 e. The van der Waals surface area contributed by atoms with Crippen molar-refractivity contribution in [1.82, 2.24) is 5.32 Å². The highest BCUT2D eigenvalue weighted by Gasteiger charge is 2.34. The zero-order valence-corrected chi connectivity index (χ0v) is 14.2. The fraction of sp³-hybridized carbons (Fsp3) is 1.00. The largest absolute Gasteiger partial charge is 0.313 e. The molecule has 0 aromatic rings. The molecule has 0 spiro atoms. The molecule has 2 fully saturated rings. The summed E-state index contributed by atoms with van der Waals surface area (Å²) in [6.07, 6.45) is 14.6. The molecule has 2 rings (SSSR count). The number of hydrogen-bond acceptors (Lipinski definition) is 1. The fourth-order valence-electron chi connectivity index (χ4n) is 5.00. The average Bonchev–Trinajstić information content (AvgIpc) is 2.67. The molecule has 2 aliphatic carbocycles. The molecule has 0 bridgehead atoms. The van der Waals surface area contributed by atoms with E-state index < -0.39 is 0 Å². The van der Waals surface area contributed by atoms with Crippen molar-refractivity contribution in [2.45, 2.75) is 91.0 Å². The van der Waals surface area contributed by atoms with Gasteiger partial charge in [0.1, 0.15) is 0 Å². The van der Waals surface area contributed by atoms with Crippen molar-refractivity contribution < 1.29 is 0 Å². The highest BCUT2D eigenvalue weighted by molar-refractivity contribution is 4.88. The Labute approximate surface area is 127 Å². The van der Waals surface area contributed by atoms with E-state index in [4.69, 9.17) is 0 Å². The molecule has 0 aromatic carbocycles. The van der Waals surface area contributed by atoms with E-state index in [1.807, 2.05) is 0 Å². The van der Waals surface area contributed by atoms with Crippen LogP contribution in [0.3, 0.4) is 0 Å². The molecule has 0 amide bonds. The molecular formula is C19H37N. The van der Waals surface area contributed by atoms with Crippen LogP contribution in [0, 0.1) is 23.7 Å². The van der Waals surface area contributed by atoms with Crippen molar-refractivity contribution in [1.29, 1.82) is 0 Å². The molecule has 3 unspecified atom stereocenters. The van der Waals surface area contributed by atoms with E-state index in [0.717, 1.165) is 29.7 Å². The van der Waals surface area contributed by atoms with E-state index >= 15 is 0 Å². The molecule has 0 aliphatic heterocycles. The van der Waals surface area contributed by atoms with Crippen LogP contribution < -0.4 is 5.32 Å². The van der Waals surface area contributed by atoms with Gasteiger partial charge in [-0.3, -0.25) is 0 Å². The van der Waals surface area contributed by atoms with Crippen molar-refractivity contribution in [2.24, 2.45) is 23.7 Å². The van der Waals surface area contributed by atoms with Gasteiger partial charge in [0, 0.05) is 6.04 Å². The first-order chi connectivity index (χ1) is 9.70. The molecule has 1 N–H and O–H groups in total. The second-order valence-electron chi connectivity index (χ2n) is 7.91. The van der Waals surface area contributed by atoms with Crippen LogP contribution in [0.1, 0.15) is 85.0 Å². The van der Waals surface area contributed by atoms with Gasteiger partial charge in [-0.25, -0.2) is 0 Å². The van der Waals surface area contributed by atoms with Gasteiger partial charge in [-0.05, 0) is 68.7 Å². The lowest BCUT2D eigenvalue weighted by molar-refractivity contribution is 0.136. The second kappa shape index (κ2) is 8.41. The van der Waals surface area contributed by atoms with Crippen LogP contribution in [-0.4, -0.2) is 12.6 Å². The van der Waals surface area contributed by atoms with Gasteiger partial charge in [0.2, 0.25) is 0 Å². The minimum atomic E-state index is 0.818. The fourth-order valence-corrected chi connectivity index (χ4v) is 5.00. The molecule has 1 heteroatoms. The summed E-state index contributed by atoms with van der Waals surface area (Å²) in [7, 11) is 0. The van der Waals surface area contributed by atoms with Gasteiger partial charge < -0.3 is 5.32 Å². The van der Waals surface area contributed by atoms with Gasteiger partial charge in [0.25, 0.3) is 0 Å². The predicted molar refractivity (Wildman–Crippen MR) is 88.9 cm³/mol. The summed E-state index contributed by atoms with van der Waals surface area (Å²) in [6.45, 7) is 8.49. The van der Waals surface area contributed by atoms with Crippen LogP contribution in [0.2, 0.25) is 0 Å². The lowest BCUT2D eigenvalue weighted by Gasteiger charge is -2.40. The van der Waals surface area contributed by atoms with Crippen LogP contribution in [0.15, 0.2) is 0 Å². The summed E-state index contributed by atoms with van der Waals surface area (Å²) < 4.78 is 0. The molecular weight excluding hydrogens is 242 g/mol. The minimum absolute atomic E-state index is 0.818. The maximum Gasteiger partial charge on any atom is 0.0124 e. The molecule has 0 aromatic heterocycles. The van der Waals surface area contributed by atoms with Gasteiger partial charge in [0.15, 0.2) is 0 Å². The maximum atomic E-state index is 3.98. The second-order valence-corrected chi connectivity index (χ2v) is 7.91. The predicted octanol–water partition coefficient (Wildman–Crippen LogP) is 5.40. The molecule has 3 atom stereocenters. The zero-order chi connectivity index (χ0) is 14.4. The van der Waals surface area contributed by atoms with Gasteiger partial charge in [-0.1, -0.05) is 46.5 Å². The summed E-state index contributed by atoms with van der Waals surface area (Å²) >= 11 is 0. The van der Waals surface area contributed by atoms with E-state index in [-0.39, 0.29) is 0 Å². The van der Waals surface area contributed by atoms with Crippen molar-refractivity contribution in [3.05, 3.63) is 0 Å². The third kappa shape index (κ3) is 4.76.